The number of amides is 1. The van der Waals surface area contributed by atoms with Crippen molar-refractivity contribution in [3.8, 4) is 0 Å². The van der Waals surface area contributed by atoms with Gasteiger partial charge in [0.2, 0.25) is 15.9 Å². The van der Waals surface area contributed by atoms with Crippen LogP contribution in [0.15, 0.2) is 34.1 Å². The Balaban J connectivity index is 1.76. The zero-order chi connectivity index (χ0) is 20.6. The van der Waals surface area contributed by atoms with Crippen LogP contribution in [0.3, 0.4) is 0 Å². The third-order valence-electron chi connectivity index (χ3n) is 5.30. The molecule has 28 heavy (non-hydrogen) atoms. The minimum atomic E-state index is -3.66. The molecule has 8 heteroatoms. The van der Waals surface area contributed by atoms with Gasteiger partial charge in [-0.25, -0.2) is 8.42 Å². The number of rotatable bonds is 10. The summed E-state index contributed by atoms with van der Waals surface area (Å²) in [5.41, 5.74) is 0. The van der Waals surface area contributed by atoms with Crippen LogP contribution in [0, 0.1) is 0 Å². The molecule has 1 amide bonds. The van der Waals surface area contributed by atoms with Gasteiger partial charge in [-0.15, -0.1) is 11.8 Å². The molecule has 1 fully saturated rings. The van der Waals surface area contributed by atoms with Crippen molar-refractivity contribution < 1.29 is 13.2 Å². The highest BCUT2D eigenvalue weighted by Crippen LogP contribution is 2.20. The van der Waals surface area contributed by atoms with E-state index in [1.165, 1.54) is 32.7 Å². The van der Waals surface area contributed by atoms with Gasteiger partial charge in [-0.2, -0.15) is 4.31 Å². The molecular weight excluding hydrogens is 394 g/mol. The second kappa shape index (κ2) is 11.2. The number of likely N-dealkylation sites (N-methyl/N-ethyl adjacent to an activating group) is 1. The van der Waals surface area contributed by atoms with Crippen molar-refractivity contribution >= 4 is 27.7 Å². The van der Waals surface area contributed by atoms with Crippen LogP contribution < -0.4 is 5.32 Å². The van der Waals surface area contributed by atoms with Gasteiger partial charge in [0.15, 0.2) is 0 Å². The normalized spacial score (nSPS) is 18.4. The summed E-state index contributed by atoms with van der Waals surface area (Å²) in [7, 11) is -2.22. The second-order valence-corrected chi connectivity index (χ2v) is 10.2. The molecule has 1 heterocycles. The Hall–Kier alpha value is -1.09. The van der Waals surface area contributed by atoms with E-state index in [1.807, 2.05) is 6.26 Å². The lowest BCUT2D eigenvalue weighted by atomic mass is 10.00. The smallest absolute Gasteiger partial charge is 0.243 e. The van der Waals surface area contributed by atoms with E-state index < -0.39 is 10.0 Å². The fourth-order valence-electron chi connectivity index (χ4n) is 3.60. The van der Waals surface area contributed by atoms with Crippen molar-refractivity contribution in [3.63, 3.8) is 0 Å². The summed E-state index contributed by atoms with van der Waals surface area (Å²) in [6, 6.07) is 7.38. The van der Waals surface area contributed by atoms with E-state index in [-0.39, 0.29) is 17.3 Å². The van der Waals surface area contributed by atoms with Crippen molar-refractivity contribution in [2.45, 2.75) is 54.9 Å². The Labute approximate surface area is 174 Å². The summed E-state index contributed by atoms with van der Waals surface area (Å²) in [5, 5.41) is 2.85. The Kier molecular flexibility index (Phi) is 9.27. The molecule has 0 aromatic heterocycles. The first kappa shape index (κ1) is 23.2. The van der Waals surface area contributed by atoms with Crippen LogP contribution in [0.5, 0.6) is 0 Å². The molecule has 1 atom stereocenters. The number of piperidine rings is 1. The predicted octanol–water partition coefficient (Wildman–Crippen LogP) is 2.80. The number of hydrogen-bond donors (Lipinski definition) is 1. The first-order chi connectivity index (χ1) is 13.4. The summed E-state index contributed by atoms with van der Waals surface area (Å²) < 4.78 is 26.3. The molecule has 0 spiro atoms. The van der Waals surface area contributed by atoms with E-state index in [1.54, 1.807) is 36.0 Å². The summed E-state index contributed by atoms with van der Waals surface area (Å²) in [4.78, 5) is 15.9. The van der Waals surface area contributed by atoms with Gasteiger partial charge in [-0.3, -0.25) is 4.79 Å². The average Bonchev–Trinajstić information content (AvgIpc) is 2.71. The van der Waals surface area contributed by atoms with E-state index in [9.17, 15) is 13.2 Å². The van der Waals surface area contributed by atoms with Crippen LogP contribution in [0.2, 0.25) is 0 Å². The number of likely N-dealkylation sites (tertiary alicyclic amines) is 1. The molecule has 0 bridgehead atoms. The maximum atomic E-state index is 12.6. The zero-order valence-corrected chi connectivity index (χ0v) is 18.8. The maximum absolute atomic E-state index is 12.6. The topological polar surface area (TPSA) is 69.7 Å². The number of nitrogens with one attached hydrogen (secondary N) is 1. The maximum Gasteiger partial charge on any atom is 0.243 e. The Morgan fingerprint density at radius 3 is 2.64 bits per heavy atom. The molecule has 158 valence electrons. The fourth-order valence-corrected chi connectivity index (χ4v) is 5.13. The van der Waals surface area contributed by atoms with Crippen molar-refractivity contribution in [3.05, 3.63) is 24.3 Å². The quantitative estimate of drug-likeness (QED) is 0.459. The monoisotopic (exact) mass is 427 g/mol. The molecule has 1 aliphatic rings. The molecule has 1 N–H and O–H groups in total. The zero-order valence-electron chi connectivity index (χ0n) is 17.2. The standard InChI is InChI=1S/C20H33N3O3S2/c1-4-17-8-5-6-14-23(17)15-7-13-21-20(24)16-22(2)28(25,26)19-11-9-18(27-3)10-12-19/h9-12,17H,4-8,13-16H2,1-3H3,(H,21,24)/t17-/m1/s1. The summed E-state index contributed by atoms with van der Waals surface area (Å²) in [5.74, 6) is -0.266. The van der Waals surface area contributed by atoms with Gasteiger partial charge in [-0.1, -0.05) is 13.3 Å². The van der Waals surface area contributed by atoms with Crippen molar-refractivity contribution in [2.24, 2.45) is 0 Å². The summed E-state index contributed by atoms with van der Waals surface area (Å²) in [6.07, 6.45) is 7.83. The Morgan fingerprint density at radius 1 is 1.29 bits per heavy atom. The molecule has 0 unspecified atom stereocenters. The third-order valence-corrected chi connectivity index (χ3v) is 7.86. The second-order valence-electron chi connectivity index (χ2n) is 7.23. The number of hydrogen-bond acceptors (Lipinski definition) is 5. The van der Waals surface area contributed by atoms with E-state index in [2.05, 4.69) is 17.1 Å². The number of sulfonamides is 1. The average molecular weight is 428 g/mol. The van der Waals surface area contributed by atoms with Crippen LogP contribution in [0.25, 0.3) is 0 Å². The van der Waals surface area contributed by atoms with Gasteiger partial charge in [0.05, 0.1) is 11.4 Å². The first-order valence-corrected chi connectivity index (χ1v) is 12.7. The molecule has 6 nitrogen and oxygen atoms in total. The molecule has 0 aliphatic carbocycles. The molecular formula is C20H33N3O3S2. The summed E-state index contributed by atoms with van der Waals surface area (Å²) in [6.45, 7) is 4.75. The van der Waals surface area contributed by atoms with Gasteiger partial charge in [0.25, 0.3) is 0 Å². The minimum absolute atomic E-state index is 0.173. The van der Waals surface area contributed by atoms with E-state index in [0.717, 1.165) is 28.7 Å². The Morgan fingerprint density at radius 2 is 2.00 bits per heavy atom. The molecule has 1 aliphatic heterocycles. The number of thioether (sulfide) groups is 1. The fraction of sp³-hybridized carbons (Fsp3) is 0.650. The lowest BCUT2D eigenvalue weighted by molar-refractivity contribution is -0.121. The van der Waals surface area contributed by atoms with Crippen molar-refractivity contribution in [2.75, 3.05) is 39.5 Å². The first-order valence-electron chi connectivity index (χ1n) is 9.99. The highest BCUT2D eigenvalue weighted by Gasteiger charge is 2.23. The van der Waals surface area contributed by atoms with Gasteiger partial charge >= 0.3 is 0 Å². The van der Waals surface area contributed by atoms with Crippen LogP contribution in [0.1, 0.15) is 39.0 Å². The SMILES string of the molecule is CC[C@@H]1CCCCN1CCCNC(=O)CN(C)S(=O)(=O)c1ccc(SC)cc1. The molecule has 0 radical (unpaired) electrons. The number of benzene rings is 1. The molecule has 1 saturated heterocycles. The molecule has 0 saturated carbocycles. The van der Waals surface area contributed by atoms with Crippen molar-refractivity contribution in [1.29, 1.82) is 0 Å². The number of carbonyl (C=O) groups excluding carboxylic acids is 1. The van der Waals surface area contributed by atoms with Crippen LogP contribution in [0.4, 0.5) is 0 Å². The van der Waals surface area contributed by atoms with Crippen LogP contribution in [-0.4, -0.2) is 69.1 Å². The van der Waals surface area contributed by atoms with E-state index >= 15 is 0 Å². The largest absolute Gasteiger partial charge is 0.355 e. The minimum Gasteiger partial charge on any atom is -0.355 e. The van der Waals surface area contributed by atoms with E-state index in [0.29, 0.717) is 12.6 Å². The lowest BCUT2D eigenvalue weighted by Crippen LogP contribution is -2.42. The number of nitrogens with zero attached hydrogens (tertiary/aromatic N) is 2. The van der Waals surface area contributed by atoms with Crippen LogP contribution in [-0.2, 0) is 14.8 Å². The summed E-state index contributed by atoms with van der Waals surface area (Å²) >= 11 is 1.55. The molecule has 1 aromatic carbocycles. The molecule has 2 rings (SSSR count). The van der Waals surface area contributed by atoms with Gasteiger partial charge in [0.1, 0.15) is 0 Å². The third kappa shape index (κ3) is 6.47. The highest BCUT2D eigenvalue weighted by atomic mass is 32.2. The van der Waals surface area contributed by atoms with E-state index in [4.69, 9.17) is 0 Å². The highest BCUT2D eigenvalue weighted by molar-refractivity contribution is 7.98. The number of carbonyl (C=O) groups is 1. The lowest BCUT2D eigenvalue weighted by Gasteiger charge is -2.35. The molecule has 1 aromatic rings. The van der Waals surface area contributed by atoms with Gasteiger partial charge < -0.3 is 10.2 Å². The predicted molar refractivity (Wildman–Crippen MR) is 115 cm³/mol. The van der Waals surface area contributed by atoms with Gasteiger partial charge in [0, 0.05) is 31.1 Å². The van der Waals surface area contributed by atoms with Crippen LogP contribution >= 0.6 is 11.8 Å². The Bertz CT molecular complexity index is 723. The van der Waals surface area contributed by atoms with Gasteiger partial charge in [-0.05, 0) is 62.7 Å². The van der Waals surface area contributed by atoms with Crippen molar-refractivity contribution in [1.82, 2.24) is 14.5 Å².